The minimum atomic E-state index is -4.64. The zero-order chi connectivity index (χ0) is 16.7. The highest BCUT2D eigenvalue weighted by molar-refractivity contribution is 7.89. The molecule has 0 saturated carbocycles. The second-order valence-corrected chi connectivity index (χ2v) is 7.54. The van der Waals surface area contributed by atoms with Crippen LogP contribution >= 0.6 is 11.6 Å². The first-order valence-corrected chi connectivity index (χ1v) is 8.36. The van der Waals surface area contributed by atoms with Crippen molar-refractivity contribution < 1.29 is 26.3 Å². The first-order chi connectivity index (χ1) is 10.0. The molecule has 2 rings (SSSR count). The Morgan fingerprint density at radius 2 is 1.77 bits per heavy atom. The summed E-state index contributed by atoms with van der Waals surface area (Å²) in [6, 6.07) is 2.28. The van der Waals surface area contributed by atoms with Gasteiger partial charge in [0.2, 0.25) is 10.0 Å². The van der Waals surface area contributed by atoms with E-state index in [-0.39, 0.29) is 30.3 Å². The molecule has 0 spiro atoms. The number of nitrogens with zero attached hydrogens (tertiary/aromatic N) is 1. The predicted octanol–water partition coefficient (Wildman–Crippen LogP) is 3.16. The van der Waals surface area contributed by atoms with Gasteiger partial charge in [-0.1, -0.05) is 11.6 Å². The van der Waals surface area contributed by atoms with Gasteiger partial charge in [-0.15, -0.1) is 0 Å². The maximum atomic E-state index is 12.8. The molecule has 124 valence electrons. The lowest BCUT2D eigenvalue weighted by Gasteiger charge is -2.34. The van der Waals surface area contributed by atoms with Crippen LogP contribution in [0.25, 0.3) is 0 Å². The lowest BCUT2D eigenvalue weighted by Crippen LogP contribution is -2.48. The molecule has 4 nitrogen and oxygen atoms in total. The van der Waals surface area contributed by atoms with E-state index in [1.807, 2.05) is 0 Å². The van der Waals surface area contributed by atoms with Crippen molar-refractivity contribution >= 4 is 21.6 Å². The number of halogens is 4. The smallest absolute Gasteiger partial charge is 0.373 e. The average molecular weight is 358 g/mol. The summed E-state index contributed by atoms with van der Waals surface area (Å²) in [4.78, 5) is -0.537. The fourth-order valence-electron chi connectivity index (χ4n) is 2.34. The largest absolute Gasteiger partial charge is 0.416 e. The Labute approximate surface area is 131 Å². The molecule has 1 heterocycles. The highest BCUT2D eigenvalue weighted by atomic mass is 35.5. The average Bonchev–Trinajstić information content (AvgIpc) is 2.36. The van der Waals surface area contributed by atoms with E-state index in [0.717, 1.165) is 16.4 Å². The lowest BCUT2D eigenvalue weighted by atomic mass is 10.2. The third kappa shape index (κ3) is 3.56. The number of benzene rings is 1. The number of ether oxygens (including phenoxy) is 1. The second-order valence-electron chi connectivity index (χ2n) is 5.22. The molecule has 2 atom stereocenters. The number of sulfonamides is 1. The zero-order valence-electron chi connectivity index (χ0n) is 11.9. The van der Waals surface area contributed by atoms with Crippen molar-refractivity contribution in [2.75, 3.05) is 13.1 Å². The molecular weight excluding hydrogens is 343 g/mol. The van der Waals surface area contributed by atoms with Crippen LogP contribution in [-0.2, 0) is 20.9 Å². The summed E-state index contributed by atoms with van der Waals surface area (Å²) in [7, 11) is -4.12. The molecule has 0 N–H and O–H groups in total. The lowest BCUT2D eigenvalue weighted by molar-refractivity contribution is -0.137. The molecule has 0 aromatic heterocycles. The van der Waals surface area contributed by atoms with Crippen LogP contribution in [0, 0.1) is 0 Å². The van der Waals surface area contributed by atoms with Crippen LogP contribution in [0.3, 0.4) is 0 Å². The van der Waals surface area contributed by atoms with Gasteiger partial charge in [-0.3, -0.25) is 0 Å². The van der Waals surface area contributed by atoms with Gasteiger partial charge >= 0.3 is 6.18 Å². The predicted molar refractivity (Wildman–Crippen MR) is 75.2 cm³/mol. The summed E-state index contributed by atoms with van der Waals surface area (Å²) in [5.41, 5.74) is -1.05. The molecule has 0 amide bonds. The van der Waals surface area contributed by atoms with Gasteiger partial charge in [-0.05, 0) is 32.0 Å². The van der Waals surface area contributed by atoms with Crippen molar-refractivity contribution in [3.8, 4) is 0 Å². The van der Waals surface area contributed by atoms with E-state index >= 15 is 0 Å². The molecule has 1 aromatic carbocycles. The SMILES string of the molecule is C[C@H]1CN(S(=O)(=O)c2cc(C(F)(F)F)ccc2Cl)C[C@H](C)O1. The van der Waals surface area contributed by atoms with Gasteiger partial charge in [0.25, 0.3) is 0 Å². The molecule has 0 bridgehead atoms. The van der Waals surface area contributed by atoms with E-state index in [0.29, 0.717) is 6.07 Å². The normalized spacial score (nSPS) is 24.5. The molecule has 1 aromatic rings. The molecule has 0 radical (unpaired) electrons. The van der Waals surface area contributed by atoms with Gasteiger partial charge in [0.05, 0.1) is 22.8 Å². The zero-order valence-corrected chi connectivity index (χ0v) is 13.5. The summed E-state index contributed by atoms with van der Waals surface area (Å²) in [6.45, 7) is 3.54. The number of hydrogen-bond donors (Lipinski definition) is 0. The number of hydrogen-bond acceptors (Lipinski definition) is 3. The third-order valence-electron chi connectivity index (χ3n) is 3.26. The molecule has 1 fully saturated rings. The van der Waals surface area contributed by atoms with E-state index in [4.69, 9.17) is 16.3 Å². The van der Waals surface area contributed by atoms with Gasteiger partial charge < -0.3 is 4.74 Å². The van der Waals surface area contributed by atoms with Crippen molar-refractivity contribution in [3.05, 3.63) is 28.8 Å². The highest BCUT2D eigenvalue weighted by Crippen LogP contribution is 2.34. The van der Waals surface area contributed by atoms with E-state index in [1.54, 1.807) is 13.8 Å². The van der Waals surface area contributed by atoms with E-state index in [1.165, 1.54) is 0 Å². The monoisotopic (exact) mass is 357 g/mol. The third-order valence-corrected chi connectivity index (χ3v) is 5.58. The first kappa shape index (κ1) is 17.5. The Balaban J connectivity index is 2.45. The molecular formula is C13H15ClF3NO3S. The van der Waals surface area contributed by atoms with E-state index in [2.05, 4.69) is 0 Å². The van der Waals surface area contributed by atoms with Crippen LogP contribution < -0.4 is 0 Å². The van der Waals surface area contributed by atoms with E-state index in [9.17, 15) is 21.6 Å². The number of alkyl halides is 3. The van der Waals surface area contributed by atoms with Crippen molar-refractivity contribution in [2.24, 2.45) is 0 Å². The summed E-state index contributed by atoms with van der Waals surface area (Å²) >= 11 is 5.82. The van der Waals surface area contributed by atoms with Crippen LogP contribution in [0.4, 0.5) is 13.2 Å². The quantitative estimate of drug-likeness (QED) is 0.816. The van der Waals surface area contributed by atoms with Crippen LogP contribution in [0.15, 0.2) is 23.1 Å². The van der Waals surface area contributed by atoms with Gasteiger partial charge in [-0.2, -0.15) is 17.5 Å². The summed E-state index contributed by atoms with van der Waals surface area (Å²) in [5, 5.41) is -0.236. The maximum absolute atomic E-state index is 12.8. The van der Waals surface area contributed by atoms with Crippen molar-refractivity contribution in [1.29, 1.82) is 0 Å². The summed E-state index contributed by atoms with van der Waals surface area (Å²) in [5.74, 6) is 0. The number of rotatable bonds is 2. The molecule has 0 aliphatic carbocycles. The topological polar surface area (TPSA) is 46.6 Å². The van der Waals surface area contributed by atoms with Crippen LogP contribution in [0.2, 0.25) is 5.02 Å². The fourth-order valence-corrected chi connectivity index (χ4v) is 4.43. The molecule has 0 unspecified atom stereocenters. The van der Waals surface area contributed by atoms with Crippen molar-refractivity contribution in [3.63, 3.8) is 0 Å². The second kappa shape index (κ2) is 5.99. The molecule has 22 heavy (non-hydrogen) atoms. The van der Waals surface area contributed by atoms with Crippen LogP contribution in [0.5, 0.6) is 0 Å². The van der Waals surface area contributed by atoms with Gasteiger partial charge in [0, 0.05) is 13.1 Å². The highest BCUT2D eigenvalue weighted by Gasteiger charge is 2.36. The Kier molecular flexibility index (Phi) is 4.77. The standard InChI is InChI=1S/C13H15ClF3NO3S/c1-8-6-18(7-9(2)21-8)22(19,20)12-5-10(13(15,16)17)3-4-11(12)14/h3-5,8-9H,6-7H2,1-2H3/t8-,9-/m0/s1. The Morgan fingerprint density at radius 3 is 2.27 bits per heavy atom. The Morgan fingerprint density at radius 1 is 1.23 bits per heavy atom. The van der Waals surface area contributed by atoms with Crippen LogP contribution in [-0.4, -0.2) is 38.0 Å². The van der Waals surface area contributed by atoms with Gasteiger partial charge in [-0.25, -0.2) is 8.42 Å². The van der Waals surface area contributed by atoms with Crippen LogP contribution in [0.1, 0.15) is 19.4 Å². The minimum Gasteiger partial charge on any atom is -0.373 e. The molecule has 1 aliphatic heterocycles. The first-order valence-electron chi connectivity index (χ1n) is 6.54. The fraction of sp³-hybridized carbons (Fsp3) is 0.538. The Bertz CT molecular complexity index is 653. The minimum absolute atomic E-state index is 0.0687. The summed E-state index contributed by atoms with van der Waals surface area (Å²) < 4.78 is 70.1. The Hall–Kier alpha value is -0.830. The molecule has 9 heteroatoms. The number of morpholine rings is 1. The van der Waals surface area contributed by atoms with Crippen molar-refractivity contribution in [2.45, 2.75) is 37.1 Å². The van der Waals surface area contributed by atoms with E-state index < -0.39 is 26.7 Å². The van der Waals surface area contributed by atoms with Gasteiger partial charge in [0.1, 0.15) is 4.90 Å². The molecule has 1 aliphatic rings. The maximum Gasteiger partial charge on any atom is 0.416 e. The van der Waals surface area contributed by atoms with Gasteiger partial charge in [0.15, 0.2) is 0 Å². The van der Waals surface area contributed by atoms with Crippen molar-refractivity contribution in [1.82, 2.24) is 4.31 Å². The summed E-state index contributed by atoms with van der Waals surface area (Å²) in [6.07, 6.45) is -5.33. The molecule has 1 saturated heterocycles.